The first-order valence-electron chi connectivity index (χ1n) is 5.17. The molecule has 0 spiro atoms. The summed E-state index contributed by atoms with van der Waals surface area (Å²) in [5.74, 6) is -1.21. The third-order valence-corrected chi connectivity index (χ3v) is 2.36. The fourth-order valence-corrected chi connectivity index (χ4v) is 1.45. The van der Waals surface area contributed by atoms with Crippen molar-refractivity contribution >= 4 is 5.97 Å². The molecule has 1 unspecified atom stereocenters. The number of hydrogen-bond acceptors (Lipinski definition) is 4. The van der Waals surface area contributed by atoms with Crippen LogP contribution >= 0.6 is 0 Å². The Morgan fingerprint density at radius 2 is 2.18 bits per heavy atom. The summed E-state index contributed by atoms with van der Waals surface area (Å²) in [5, 5.41) is 10.1. The van der Waals surface area contributed by atoms with E-state index in [0.717, 1.165) is 12.1 Å². The molecule has 0 fully saturated rings. The molecule has 1 rings (SSSR count). The number of carbonyl (C=O) groups excluding carboxylic acids is 1. The molecule has 1 atom stereocenters. The number of halogens is 1. The van der Waals surface area contributed by atoms with Gasteiger partial charge in [0.2, 0.25) is 0 Å². The number of esters is 1. The largest absolute Gasteiger partial charge is 0.496 e. The summed E-state index contributed by atoms with van der Waals surface area (Å²) < 4.78 is 22.7. The molecule has 1 N–H and O–H groups in total. The van der Waals surface area contributed by atoms with Crippen LogP contribution in [0, 0.1) is 5.82 Å². The minimum atomic E-state index is -1.87. The van der Waals surface area contributed by atoms with E-state index in [-0.39, 0.29) is 17.9 Å². The van der Waals surface area contributed by atoms with Crippen molar-refractivity contribution in [2.75, 3.05) is 13.7 Å². The van der Waals surface area contributed by atoms with Crippen molar-refractivity contribution in [2.45, 2.75) is 19.4 Å². The van der Waals surface area contributed by atoms with Crippen LogP contribution < -0.4 is 4.74 Å². The first kappa shape index (κ1) is 13.4. The Balaban J connectivity index is 3.18. The van der Waals surface area contributed by atoms with Gasteiger partial charge in [-0.15, -0.1) is 0 Å². The molecule has 0 saturated carbocycles. The highest BCUT2D eigenvalue weighted by molar-refractivity contribution is 5.81. The molecule has 94 valence electrons. The zero-order valence-corrected chi connectivity index (χ0v) is 9.99. The highest BCUT2D eigenvalue weighted by atomic mass is 19.1. The number of hydrogen-bond donors (Lipinski definition) is 1. The maximum atomic E-state index is 13.0. The number of carbonyl (C=O) groups is 1. The minimum Gasteiger partial charge on any atom is -0.496 e. The van der Waals surface area contributed by atoms with Gasteiger partial charge in [0.25, 0.3) is 0 Å². The summed E-state index contributed by atoms with van der Waals surface area (Å²) in [6.07, 6.45) is 0. The van der Waals surface area contributed by atoms with Crippen molar-refractivity contribution in [3.8, 4) is 5.75 Å². The van der Waals surface area contributed by atoms with E-state index >= 15 is 0 Å². The Hall–Kier alpha value is -1.62. The Bertz CT molecular complexity index is 415. The second-order valence-electron chi connectivity index (χ2n) is 3.64. The molecule has 0 aliphatic heterocycles. The van der Waals surface area contributed by atoms with Gasteiger partial charge < -0.3 is 14.6 Å². The van der Waals surface area contributed by atoms with E-state index in [1.54, 1.807) is 6.92 Å². The zero-order valence-electron chi connectivity index (χ0n) is 9.99. The van der Waals surface area contributed by atoms with Gasteiger partial charge >= 0.3 is 5.97 Å². The second kappa shape index (κ2) is 5.14. The summed E-state index contributed by atoms with van der Waals surface area (Å²) in [4.78, 5) is 11.6. The lowest BCUT2D eigenvalue weighted by Gasteiger charge is -2.23. The number of benzene rings is 1. The number of methoxy groups -OCH3 is 1. The van der Waals surface area contributed by atoms with Crippen LogP contribution in [0.15, 0.2) is 18.2 Å². The SMILES string of the molecule is CCOC(=O)C(C)(O)c1ccc(F)cc1OC. The molecule has 5 heteroatoms. The number of rotatable bonds is 4. The van der Waals surface area contributed by atoms with Crippen molar-refractivity contribution < 1.29 is 23.8 Å². The fraction of sp³-hybridized carbons (Fsp3) is 0.417. The lowest BCUT2D eigenvalue weighted by molar-refractivity contribution is -0.164. The standard InChI is InChI=1S/C12H15FO4/c1-4-17-11(14)12(2,15)9-6-5-8(13)7-10(9)16-3/h5-7,15H,4H2,1-3H3. The van der Waals surface area contributed by atoms with Gasteiger partial charge in [0.15, 0.2) is 5.60 Å². The van der Waals surface area contributed by atoms with E-state index in [1.165, 1.54) is 20.1 Å². The molecule has 0 aliphatic carbocycles. The maximum Gasteiger partial charge on any atom is 0.342 e. The van der Waals surface area contributed by atoms with Crippen LogP contribution in [0.25, 0.3) is 0 Å². The van der Waals surface area contributed by atoms with Crippen LogP contribution in [-0.4, -0.2) is 24.8 Å². The molecule has 0 aliphatic rings. The average Bonchev–Trinajstić information content (AvgIpc) is 2.28. The molecule has 0 saturated heterocycles. The van der Waals surface area contributed by atoms with Crippen molar-refractivity contribution in [1.82, 2.24) is 0 Å². The van der Waals surface area contributed by atoms with Crippen LogP contribution in [0.5, 0.6) is 5.75 Å². The predicted octanol–water partition coefficient (Wildman–Crippen LogP) is 1.60. The molecule has 0 heterocycles. The average molecular weight is 242 g/mol. The molecular formula is C12H15FO4. The molecule has 17 heavy (non-hydrogen) atoms. The van der Waals surface area contributed by atoms with Crippen LogP contribution in [0.3, 0.4) is 0 Å². The Morgan fingerprint density at radius 3 is 2.71 bits per heavy atom. The second-order valence-corrected chi connectivity index (χ2v) is 3.64. The summed E-state index contributed by atoms with van der Waals surface area (Å²) in [5.41, 5.74) is -1.70. The van der Waals surface area contributed by atoms with Crippen molar-refractivity contribution in [2.24, 2.45) is 0 Å². The van der Waals surface area contributed by atoms with Crippen molar-refractivity contribution in [3.63, 3.8) is 0 Å². The monoisotopic (exact) mass is 242 g/mol. The van der Waals surface area contributed by atoms with Crippen LogP contribution in [0.1, 0.15) is 19.4 Å². The van der Waals surface area contributed by atoms with Crippen LogP contribution in [-0.2, 0) is 15.1 Å². The van der Waals surface area contributed by atoms with Gasteiger partial charge in [-0.1, -0.05) is 0 Å². The molecular weight excluding hydrogens is 227 g/mol. The van der Waals surface area contributed by atoms with Gasteiger partial charge in [0.1, 0.15) is 11.6 Å². The zero-order chi connectivity index (χ0) is 13.1. The molecule has 1 aromatic rings. The highest BCUT2D eigenvalue weighted by Gasteiger charge is 2.36. The fourth-order valence-electron chi connectivity index (χ4n) is 1.45. The summed E-state index contributed by atoms with van der Waals surface area (Å²) >= 11 is 0. The topological polar surface area (TPSA) is 55.8 Å². The van der Waals surface area contributed by atoms with Gasteiger partial charge in [-0.2, -0.15) is 0 Å². The molecule has 0 radical (unpaired) electrons. The predicted molar refractivity (Wildman–Crippen MR) is 59.2 cm³/mol. The van der Waals surface area contributed by atoms with Gasteiger partial charge in [-0.3, -0.25) is 0 Å². The lowest BCUT2D eigenvalue weighted by Crippen LogP contribution is -2.34. The Kier molecular flexibility index (Phi) is 4.07. The van der Waals surface area contributed by atoms with Gasteiger partial charge in [0, 0.05) is 11.6 Å². The Morgan fingerprint density at radius 1 is 1.53 bits per heavy atom. The summed E-state index contributed by atoms with van der Waals surface area (Å²) in [6, 6.07) is 3.54. The summed E-state index contributed by atoms with van der Waals surface area (Å²) in [7, 11) is 1.33. The molecule has 4 nitrogen and oxygen atoms in total. The smallest absolute Gasteiger partial charge is 0.342 e. The first-order chi connectivity index (χ1) is 7.93. The maximum absolute atomic E-state index is 13.0. The van der Waals surface area contributed by atoms with Gasteiger partial charge in [0.05, 0.1) is 13.7 Å². The molecule has 1 aromatic carbocycles. The van der Waals surface area contributed by atoms with E-state index in [4.69, 9.17) is 9.47 Å². The van der Waals surface area contributed by atoms with E-state index in [1.807, 2.05) is 0 Å². The molecule has 0 aromatic heterocycles. The van der Waals surface area contributed by atoms with Gasteiger partial charge in [-0.25, -0.2) is 9.18 Å². The van der Waals surface area contributed by atoms with E-state index in [2.05, 4.69) is 0 Å². The van der Waals surface area contributed by atoms with Crippen molar-refractivity contribution in [3.05, 3.63) is 29.6 Å². The molecule has 0 amide bonds. The normalized spacial score (nSPS) is 13.9. The highest BCUT2D eigenvalue weighted by Crippen LogP contribution is 2.31. The Labute approximate surface area is 99.0 Å². The van der Waals surface area contributed by atoms with Crippen molar-refractivity contribution in [1.29, 1.82) is 0 Å². The molecule has 0 bridgehead atoms. The van der Waals surface area contributed by atoms with Crippen LogP contribution in [0.2, 0.25) is 0 Å². The van der Waals surface area contributed by atoms with Gasteiger partial charge in [-0.05, 0) is 26.0 Å². The lowest BCUT2D eigenvalue weighted by atomic mass is 9.95. The summed E-state index contributed by atoms with van der Waals surface area (Å²) in [6.45, 7) is 3.06. The third kappa shape index (κ3) is 2.74. The third-order valence-electron chi connectivity index (χ3n) is 2.36. The van der Waals surface area contributed by atoms with E-state index in [0.29, 0.717) is 0 Å². The number of aliphatic hydroxyl groups is 1. The van der Waals surface area contributed by atoms with Crippen LogP contribution in [0.4, 0.5) is 4.39 Å². The quantitative estimate of drug-likeness (QED) is 0.815. The number of ether oxygens (including phenoxy) is 2. The first-order valence-corrected chi connectivity index (χ1v) is 5.17. The minimum absolute atomic E-state index is 0.100. The van der Waals surface area contributed by atoms with E-state index < -0.39 is 17.4 Å². The van der Waals surface area contributed by atoms with E-state index in [9.17, 15) is 14.3 Å².